The Morgan fingerprint density at radius 3 is 2.11 bits per heavy atom. The Balaban J connectivity index is 1.98. The number of phenols is 1. The molecule has 4 N–H and O–H groups in total. The van der Waals surface area contributed by atoms with E-state index < -0.39 is 35.6 Å². The molecule has 0 aromatic heterocycles. The van der Waals surface area contributed by atoms with Crippen molar-refractivity contribution in [3.05, 3.63) is 64.2 Å². The van der Waals surface area contributed by atoms with Crippen LogP contribution in [-0.4, -0.2) is 51.6 Å². The van der Waals surface area contributed by atoms with Crippen molar-refractivity contribution in [2.24, 2.45) is 5.73 Å². The van der Waals surface area contributed by atoms with Gasteiger partial charge in [-0.2, -0.15) is 0 Å². The van der Waals surface area contributed by atoms with Crippen molar-refractivity contribution >= 4 is 17.9 Å². The van der Waals surface area contributed by atoms with Crippen molar-refractivity contribution in [3.63, 3.8) is 0 Å². The zero-order valence-corrected chi connectivity index (χ0v) is 21.9. The minimum absolute atomic E-state index is 0.129. The maximum atomic E-state index is 14.1. The van der Waals surface area contributed by atoms with Crippen LogP contribution in [0.5, 0.6) is 5.75 Å². The number of carbonyl (C=O) groups excluding carboxylic acids is 3. The summed E-state index contributed by atoms with van der Waals surface area (Å²) in [7, 11) is 0. The molecule has 194 valence electrons. The molecule has 3 rings (SSSR count). The summed E-state index contributed by atoms with van der Waals surface area (Å²) in [5.74, 6) is -0.895. The smallest absolute Gasteiger partial charge is 0.408 e. The number of hydrogen-bond acceptors (Lipinski definition) is 5. The van der Waals surface area contributed by atoms with Gasteiger partial charge >= 0.3 is 6.09 Å². The van der Waals surface area contributed by atoms with Gasteiger partial charge in [0, 0.05) is 12.5 Å². The molecule has 0 bridgehead atoms. The van der Waals surface area contributed by atoms with E-state index in [-0.39, 0.29) is 18.2 Å². The molecule has 0 saturated carbocycles. The fraction of sp³-hybridized carbons (Fsp3) is 0.464. The lowest BCUT2D eigenvalue weighted by Gasteiger charge is -2.36. The first kappa shape index (κ1) is 27.0. The molecule has 2 aromatic carbocycles. The van der Waals surface area contributed by atoms with E-state index in [1.807, 2.05) is 38.1 Å². The molecule has 0 saturated heterocycles. The highest BCUT2D eigenvalue weighted by Gasteiger charge is 2.39. The molecule has 36 heavy (non-hydrogen) atoms. The maximum Gasteiger partial charge on any atom is 0.408 e. The summed E-state index contributed by atoms with van der Waals surface area (Å²) >= 11 is 0. The second-order valence-corrected chi connectivity index (χ2v) is 10.6. The summed E-state index contributed by atoms with van der Waals surface area (Å²) in [6.45, 7) is 10.5. The predicted molar refractivity (Wildman–Crippen MR) is 138 cm³/mol. The highest BCUT2D eigenvalue weighted by atomic mass is 16.6. The molecule has 0 radical (unpaired) electrons. The summed E-state index contributed by atoms with van der Waals surface area (Å²) < 4.78 is 5.45. The molecule has 2 aromatic rings. The van der Waals surface area contributed by atoms with Crippen LogP contribution < -0.4 is 11.1 Å². The molecule has 2 atom stereocenters. The second-order valence-electron chi connectivity index (χ2n) is 10.6. The van der Waals surface area contributed by atoms with Gasteiger partial charge in [-0.1, -0.05) is 24.3 Å². The van der Waals surface area contributed by atoms with E-state index in [4.69, 9.17) is 10.5 Å². The van der Waals surface area contributed by atoms with Crippen LogP contribution in [0.25, 0.3) is 0 Å². The lowest BCUT2D eigenvalue weighted by atomic mass is 9.94. The number of nitrogens with one attached hydrogen (secondary N) is 1. The Kier molecular flexibility index (Phi) is 7.96. The van der Waals surface area contributed by atoms with Gasteiger partial charge in [-0.15, -0.1) is 0 Å². The number of fused-ring (bicyclic) bond motifs is 1. The first-order valence-electron chi connectivity index (χ1n) is 12.2. The monoisotopic (exact) mass is 495 g/mol. The molecule has 0 spiro atoms. The highest BCUT2D eigenvalue weighted by molar-refractivity contribution is 5.91. The lowest BCUT2D eigenvalue weighted by Crippen LogP contribution is -2.59. The van der Waals surface area contributed by atoms with Crippen molar-refractivity contribution in [2.75, 3.05) is 0 Å². The summed E-state index contributed by atoms with van der Waals surface area (Å²) in [5, 5.41) is 12.7. The number of phenolic OH excluding ortho intramolecular Hbond substituents is 1. The summed E-state index contributed by atoms with van der Waals surface area (Å²) in [4.78, 5) is 40.7. The Hall–Kier alpha value is -3.55. The number of ether oxygens (including phenoxy) is 1. The van der Waals surface area contributed by atoms with Crippen LogP contribution in [0, 0.1) is 13.8 Å². The van der Waals surface area contributed by atoms with Crippen LogP contribution in [0.3, 0.4) is 0 Å². The van der Waals surface area contributed by atoms with Gasteiger partial charge in [0.2, 0.25) is 11.8 Å². The average molecular weight is 496 g/mol. The second kappa shape index (κ2) is 10.6. The van der Waals surface area contributed by atoms with Gasteiger partial charge in [-0.3, -0.25) is 9.59 Å². The minimum Gasteiger partial charge on any atom is -0.508 e. The van der Waals surface area contributed by atoms with Crippen LogP contribution in [0.2, 0.25) is 0 Å². The zero-order chi connectivity index (χ0) is 26.8. The van der Waals surface area contributed by atoms with Crippen LogP contribution in [0.1, 0.15) is 55.5 Å². The Morgan fingerprint density at radius 2 is 1.64 bits per heavy atom. The maximum absolute atomic E-state index is 14.1. The molecule has 1 aliphatic rings. The van der Waals surface area contributed by atoms with Crippen LogP contribution in [0.15, 0.2) is 36.4 Å². The summed E-state index contributed by atoms with van der Waals surface area (Å²) in [6, 6.07) is 9.03. The summed E-state index contributed by atoms with van der Waals surface area (Å²) in [5.41, 5.74) is 9.57. The van der Waals surface area contributed by atoms with Crippen LogP contribution in [-0.2, 0) is 33.6 Å². The Bertz CT molecular complexity index is 1110. The van der Waals surface area contributed by atoms with Crippen molar-refractivity contribution in [2.45, 2.75) is 84.5 Å². The molecular weight excluding hydrogens is 458 g/mol. The van der Waals surface area contributed by atoms with Crippen LogP contribution >= 0.6 is 0 Å². The van der Waals surface area contributed by atoms with Crippen molar-refractivity contribution in [1.82, 2.24) is 10.2 Å². The topological polar surface area (TPSA) is 122 Å². The van der Waals surface area contributed by atoms with Gasteiger partial charge in [0.05, 0.1) is 0 Å². The molecule has 1 aliphatic carbocycles. The van der Waals surface area contributed by atoms with E-state index in [1.165, 1.54) is 4.90 Å². The number of nitrogens with two attached hydrogens (primary N) is 1. The number of hydrogen-bond donors (Lipinski definition) is 3. The third-order valence-electron chi connectivity index (χ3n) is 6.58. The van der Waals surface area contributed by atoms with Gasteiger partial charge in [0.15, 0.2) is 0 Å². The molecule has 0 aliphatic heterocycles. The van der Waals surface area contributed by atoms with Crippen molar-refractivity contribution in [1.29, 1.82) is 0 Å². The minimum atomic E-state index is -1.01. The number of alkyl carbamates (subject to hydrolysis) is 1. The van der Waals surface area contributed by atoms with Crippen molar-refractivity contribution in [3.8, 4) is 5.75 Å². The number of primary amides is 1. The van der Waals surface area contributed by atoms with Gasteiger partial charge in [-0.05, 0) is 94.3 Å². The number of aryl methyl sites for hydroxylation is 2. The zero-order valence-electron chi connectivity index (χ0n) is 21.9. The molecule has 8 heteroatoms. The molecule has 0 unspecified atom stereocenters. The van der Waals surface area contributed by atoms with E-state index >= 15 is 0 Å². The van der Waals surface area contributed by atoms with Gasteiger partial charge in [0.1, 0.15) is 23.4 Å². The average Bonchev–Trinajstić information content (AvgIpc) is 3.17. The predicted octanol–water partition coefficient (Wildman–Crippen LogP) is 3.31. The van der Waals surface area contributed by atoms with Gasteiger partial charge in [0.25, 0.3) is 0 Å². The number of benzene rings is 2. The third-order valence-corrected chi connectivity index (χ3v) is 6.58. The largest absolute Gasteiger partial charge is 0.508 e. The van der Waals surface area contributed by atoms with E-state index in [1.54, 1.807) is 39.8 Å². The van der Waals surface area contributed by atoms with Gasteiger partial charge in [-0.25, -0.2) is 4.79 Å². The fourth-order valence-electron chi connectivity index (χ4n) is 4.88. The first-order chi connectivity index (χ1) is 16.8. The number of nitrogens with zero attached hydrogens (tertiary/aromatic N) is 1. The van der Waals surface area contributed by atoms with Crippen LogP contribution in [0.4, 0.5) is 4.79 Å². The Morgan fingerprint density at radius 1 is 1.11 bits per heavy atom. The molecule has 0 heterocycles. The summed E-state index contributed by atoms with van der Waals surface area (Å²) in [6.07, 6.45) is 0.625. The third kappa shape index (κ3) is 6.36. The molecule has 0 fully saturated rings. The quantitative estimate of drug-likeness (QED) is 0.544. The number of carbonyl (C=O) groups is 3. The molecular formula is C28H37N3O5. The fourth-order valence-corrected chi connectivity index (χ4v) is 4.88. The van der Waals surface area contributed by atoms with E-state index in [0.717, 1.165) is 27.8 Å². The van der Waals surface area contributed by atoms with Gasteiger partial charge < -0.3 is 25.8 Å². The number of rotatable bonds is 7. The highest BCUT2D eigenvalue weighted by Crippen LogP contribution is 2.28. The van der Waals surface area contributed by atoms with Crippen molar-refractivity contribution < 1.29 is 24.2 Å². The Labute approximate surface area is 212 Å². The molecule has 8 nitrogen and oxygen atoms in total. The number of amides is 3. The normalized spacial score (nSPS) is 15.1. The van der Waals surface area contributed by atoms with E-state index in [0.29, 0.717) is 12.8 Å². The standard InChI is InChI=1S/C28H37N3O5/c1-16-11-22(32)12-17(2)23(16)15-24(30-27(35)36-28(4,5)6)26(34)31(18(3)25(29)33)21-13-19-9-7-8-10-20(19)14-21/h7-12,18,21,24,32H,13-15H2,1-6H3,(H2,29,33)(H,30,35)/t18-,24+/m1/s1. The van der Waals surface area contributed by atoms with E-state index in [2.05, 4.69) is 5.32 Å². The number of aromatic hydroxyl groups is 1. The molecule has 3 amide bonds. The first-order valence-corrected chi connectivity index (χ1v) is 12.2. The van der Waals surface area contributed by atoms with E-state index in [9.17, 15) is 19.5 Å². The lowest BCUT2D eigenvalue weighted by molar-refractivity contribution is -0.143. The SMILES string of the molecule is Cc1cc(O)cc(C)c1C[C@H](NC(=O)OC(C)(C)C)C(=O)N(C1Cc2ccccc2C1)[C@H](C)C(N)=O.